The molecule has 128 valence electrons. The van der Waals surface area contributed by atoms with Crippen LogP contribution in [0.25, 0.3) is 0 Å². The van der Waals surface area contributed by atoms with E-state index in [2.05, 4.69) is 22.5 Å². The van der Waals surface area contributed by atoms with Gasteiger partial charge in [-0.1, -0.05) is 0 Å². The number of non-ortho nitro benzene ring substituents is 1. The quantitative estimate of drug-likeness (QED) is 0.616. The molecule has 9 heteroatoms. The molecule has 2 rings (SSSR count). The van der Waals surface area contributed by atoms with Crippen molar-refractivity contribution in [1.29, 1.82) is 0 Å². The Morgan fingerprint density at radius 1 is 1.57 bits per heavy atom. The zero-order valence-electron chi connectivity index (χ0n) is 13.1. The van der Waals surface area contributed by atoms with E-state index in [1.54, 1.807) is 0 Å². The minimum Gasteiger partial charge on any atom is -0.494 e. The molecule has 0 unspecified atom stereocenters. The third-order valence-corrected chi connectivity index (χ3v) is 3.66. The molecular weight excluding hydrogens is 324 g/mol. The lowest BCUT2D eigenvalue weighted by Crippen LogP contribution is -2.51. The Bertz CT molecular complexity index is 570. The van der Waals surface area contributed by atoms with Gasteiger partial charge in [-0.2, -0.15) is 0 Å². The third-order valence-electron chi connectivity index (χ3n) is 3.66. The summed E-state index contributed by atoms with van der Waals surface area (Å²) in [5, 5.41) is 16.8. The van der Waals surface area contributed by atoms with E-state index < -0.39 is 4.92 Å². The maximum absolute atomic E-state index is 12.2. The first-order valence-electron chi connectivity index (χ1n) is 7.08. The Morgan fingerprint density at radius 2 is 2.30 bits per heavy atom. The highest BCUT2D eigenvalue weighted by molar-refractivity contribution is 5.94. The van der Waals surface area contributed by atoms with Gasteiger partial charge in [0.1, 0.15) is 5.75 Å². The molecule has 2 N–H and O–H groups in total. The second kappa shape index (κ2) is 8.66. The molecule has 1 atom stereocenters. The minimum absolute atomic E-state index is 0. The molecule has 0 bridgehead atoms. The van der Waals surface area contributed by atoms with E-state index in [0.717, 1.165) is 19.6 Å². The number of ether oxygens (including phenoxy) is 1. The third kappa shape index (κ3) is 5.05. The summed E-state index contributed by atoms with van der Waals surface area (Å²) < 4.78 is 5.11. The van der Waals surface area contributed by atoms with Crippen LogP contribution in [0.15, 0.2) is 18.2 Å². The first-order chi connectivity index (χ1) is 10.5. The number of hydrogen-bond acceptors (Lipinski definition) is 6. The molecule has 8 nitrogen and oxygen atoms in total. The number of nitrogens with one attached hydrogen (secondary N) is 2. The van der Waals surface area contributed by atoms with Crippen molar-refractivity contribution in [3.63, 3.8) is 0 Å². The highest BCUT2D eigenvalue weighted by Gasteiger charge is 2.21. The summed E-state index contributed by atoms with van der Waals surface area (Å²) >= 11 is 0. The van der Waals surface area contributed by atoms with Crippen molar-refractivity contribution in [1.82, 2.24) is 10.2 Å². The van der Waals surface area contributed by atoms with Crippen molar-refractivity contribution in [2.75, 3.05) is 38.6 Å². The van der Waals surface area contributed by atoms with Gasteiger partial charge in [0, 0.05) is 31.7 Å². The highest BCUT2D eigenvalue weighted by atomic mass is 35.5. The van der Waals surface area contributed by atoms with Gasteiger partial charge in [-0.3, -0.25) is 19.8 Å². The van der Waals surface area contributed by atoms with Crippen LogP contribution in [0.2, 0.25) is 0 Å². The Hall–Kier alpha value is -1.90. The Balaban J connectivity index is 0.00000264. The average Bonchev–Trinajstić information content (AvgIpc) is 2.49. The van der Waals surface area contributed by atoms with Crippen LogP contribution in [0.3, 0.4) is 0 Å². The van der Waals surface area contributed by atoms with E-state index in [0.29, 0.717) is 11.7 Å². The lowest BCUT2D eigenvalue weighted by Gasteiger charge is -2.33. The van der Waals surface area contributed by atoms with Crippen LogP contribution in [0.4, 0.5) is 11.4 Å². The number of methoxy groups -OCH3 is 1. The summed E-state index contributed by atoms with van der Waals surface area (Å²) in [6.45, 7) is 4.87. The molecule has 1 aromatic rings. The summed E-state index contributed by atoms with van der Waals surface area (Å²) in [5.74, 6) is 0.108. The van der Waals surface area contributed by atoms with Crippen molar-refractivity contribution in [3.05, 3.63) is 28.3 Å². The number of benzene rings is 1. The van der Waals surface area contributed by atoms with Gasteiger partial charge in [0.15, 0.2) is 0 Å². The van der Waals surface area contributed by atoms with Gasteiger partial charge >= 0.3 is 0 Å². The lowest BCUT2D eigenvalue weighted by molar-refractivity contribution is -0.384. The van der Waals surface area contributed by atoms with E-state index in [9.17, 15) is 14.9 Å². The molecule has 1 aliphatic rings. The summed E-state index contributed by atoms with van der Waals surface area (Å²) in [7, 11) is 1.41. The Morgan fingerprint density at radius 3 is 2.91 bits per heavy atom. The number of nitro benzene ring substituents is 1. The van der Waals surface area contributed by atoms with E-state index in [1.807, 2.05) is 0 Å². The number of carbonyl (C=O) groups is 1. The number of halogens is 1. The number of amides is 1. The largest absolute Gasteiger partial charge is 0.494 e. The van der Waals surface area contributed by atoms with E-state index in [1.165, 1.54) is 25.3 Å². The van der Waals surface area contributed by atoms with Crippen molar-refractivity contribution in [2.45, 2.75) is 13.0 Å². The van der Waals surface area contributed by atoms with Gasteiger partial charge < -0.3 is 15.4 Å². The number of hydrogen-bond donors (Lipinski definition) is 2. The van der Waals surface area contributed by atoms with Crippen molar-refractivity contribution < 1.29 is 14.5 Å². The Kier molecular flexibility index (Phi) is 7.21. The molecule has 0 spiro atoms. The second-order valence-corrected chi connectivity index (χ2v) is 5.21. The van der Waals surface area contributed by atoms with Gasteiger partial charge in [0.25, 0.3) is 5.69 Å². The van der Waals surface area contributed by atoms with Gasteiger partial charge in [-0.05, 0) is 13.0 Å². The van der Waals surface area contributed by atoms with Crippen molar-refractivity contribution in [3.8, 4) is 5.75 Å². The Labute approximate surface area is 140 Å². The van der Waals surface area contributed by atoms with E-state index >= 15 is 0 Å². The first kappa shape index (κ1) is 19.1. The number of carbonyl (C=O) groups excluding carboxylic acids is 1. The van der Waals surface area contributed by atoms with Crippen molar-refractivity contribution in [2.24, 2.45) is 0 Å². The zero-order chi connectivity index (χ0) is 16.1. The monoisotopic (exact) mass is 344 g/mol. The predicted molar refractivity (Wildman–Crippen MR) is 89.4 cm³/mol. The second-order valence-electron chi connectivity index (χ2n) is 5.21. The minimum atomic E-state index is -0.503. The molecule has 1 saturated heterocycles. The highest BCUT2D eigenvalue weighted by Crippen LogP contribution is 2.28. The van der Waals surface area contributed by atoms with Crippen LogP contribution in [-0.4, -0.2) is 55.1 Å². The molecule has 1 heterocycles. The standard InChI is InChI=1S/C14H20N4O4.ClH/c1-10-8-15-5-6-17(10)9-14(19)16-12-4-3-11(18(20)21)7-13(12)22-2;/h3-4,7,10,15H,5-6,8-9H2,1-2H3,(H,16,19);1H/t10-;/m0./s1. The maximum Gasteiger partial charge on any atom is 0.273 e. The topological polar surface area (TPSA) is 96.7 Å². The normalized spacial score (nSPS) is 17.9. The smallest absolute Gasteiger partial charge is 0.273 e. The fraction of sp³-hybridized carbons (Fsp3) is 0.500. The van der Waals surface area contributed by atoms with E-state index in [4.69, 9.17) is 4.74 Å². The summed E-state index contributed by atoms with van der Waals surface area (Å²) in [5.41, 5.74) is 0.353. The zero-order valence-corrected chi connectivity index (χ0v) is 13.9. The molecule has 0 aromatic heterocycles. The molecule has 1 aliphatic heterocycles. The van der Waals surface area contributed by atoms with Crippen LogP contribution < -0.4 is 15.4 Å². The first-order valence-corrected chi connectivity index (χ1v) is 7.08. The molecule has 0 aliphatic carbocycles. The molecule has 1 aromatic carbocycles. The van der Waals surface area contributed by atoms with Crippen molar-refractivity contribution >= 4 is 29.7 Å². The van der Waals surface area contributed by atoms with Gasteiger partial charge in [0.05, 0.1) is 30.3 Å². The van der Waals surface area contributed by atoms with Crippen LogP contribution in [0, 0.1) is 10.1 Å². The predicted octanol–water partition coefficient (Wildman–Crippen LogP) is 1.26. The molecular formula is C14H21ClN4O4. The number of piperazine rings is 1. The van der Waals surface area contributed by atoms with Crippen LogP contribution in [0.1, 0.15) is 6.92 Å². The SMILES string of the molecule is COc1cc([N+](=O)[O-])ccc1NC(=O)CN1CCNC[C@@H]1C.Cl. The average molecular weight is 345 g/mol. The fourth-order valence-corrected chi connectivity index (χ4v) is 2.39. The van der Waals surface area contributed by atoms with Gasteiger partial charge in [0.2, 0.25) is 5.91 Å². The molecule has 0 saturated carbocycles. The summed E-state index contributed by atoms with van der Waals surface area (Å²) in [4.78, 5) is 24.5. The fourth-order valence-electron chi connectivity index (χ4n) is 2.39. The lowest BCUT2D eigenvalue weighted by atomic mass is 10.2. The summed E-state index contributed by atoms with van der Waals surface area (Å²) in [6, 6.07) is 4.41. The molecule has 1 fully saturated rings. The van der Waals surface area contributed by atoms with Gasteiger partial charge in [-0.25, -0.2) is 0 Å². The van der Waals surface area contributed by atoms with Crippen LogP contribution in [0.5, 0.6) is 5.75 Å². The number of rotatable bonds is 5. The number of nitrogens with zero attached hydrogens (tertiary/aromatic N) is 2. The number of anilines is 1. The molecule has 1 amide bonds. The summed E-state index contributed by atoms with van der Waals surface area (Å²) in [6.07, 6.45) is 0. The van der Waals surface area contributed by atoms with Gasteiger partial charge in [-0.15, -0.1) is 12.4 Å². The number of nitro groups is 1. The van der Waals surface area contributed by atoms with Crippen LogP contribution in [-0.2, 0) is 4.79 Å². The molecule has 0 radical (unpaired) electrons. The van der Waals surface area contributed by atoms with Crippen LogP contribution >= 0.6 is 12.4 Å². The molecule has 23 heavy (non-hydrogen) atoms. The maximum atomic E-state index is 12.2. The van der Waals surface area contributed by atoms with E-state index in [-0.39, 0.29) is 36.3 Å².